The van der Waals surface area contributed by atoms with E-state index in [1.165, 1.54) is 11.5 Å². The van der Waals surface area contributed by atoms with Crippen molar-refractivity contribution in [2.24, 2.45) is 5.73 Å². The Hall–Kier alpha value is -0.490. The average molecular weight is 333 g/mol. The minimum absolute atomic E-state index is 0.103. The van der Waals surface area contributed by atoms with E-state index in [4.69, 9.17) is 17.3 Å². The molecule has 0 aliphatic heterocycles. The van der Waals surface area contributed by atoms with E-state index in [0.29, 0.717) is 6.42 Å². The normalized spacial score (nSPS) is 12.7. The summed E-state index contributed by atoms with van der Waals surface area (Å²) in [5.74, 6) is 0. The molecular formula is C11H11BrClN3S. The van der Waals surface area contributed by atoms with E-state index in [9.17, 15) is 0 Å². The van der Waals surface area contributed by atoms with E-state index in [1.807, 2.05) is 25.1 Å². The number of halogens is 2. The SMILES string of the molecule is Cc1nnsc1C(N)Cc1ccc(Br)cc1Cl. The summed E-state index contributed by atoms with van der Waals surface area (Å²) >= 11 is 10.9. The standard InChI is InChI=1S/C11H11BrClN3S/c1-6-11(17-16-15-6)10(14)4-7-2-3-8(12)5-9(7)13/h2-3,5,10H,4,14H2,1H3. The maximum Gasteiger partial charge on any atom is 0.0772 e. The molecule has 0 bridgehead atoms. The Morgan fingerprint density at radius 3 is 2.88 bits per heavy atom. The van der Waals surface area contributed by atoms with Gasteiger partial charge in [0.05, 0.1) is 10.6 Å². The molecule has 0 spiro atoms. The molecule has 2 rings (SSSR count). The third kappa shape index (κ3) is 3.04. The highest BCUT2D eigenvalue weighted by molar-refractivity contribution is 9.10. The fourth-order valence-corrected chi connectivity index (χ4v) is 2.99. The first kappa shape index (κ1) is 13.0. The number of benzene rings is 1. The van der Waals surface area contributed by atoms with Crippen LogP contribution in [0.3, 0.4) is 0 Å². The van der Waals surface area contributed by atoms with Crippen molar-refractivity contribution in [3.63, 3.8) is 0 Å². The van der Waals surface area contributed by atoms with Crippen molar-refractivity contribution in [1.29, 1.82) is 0 Å². The molecule has 17 heavy (non-hydrogen) atoms. The number of hydrogen-bond acceptors (Lipinski definition) is 4. The van der Waals surface area contributed by atoms with Gasteiger partial charge < -0.3 is 5.73 Å². The molecule has 1 unspecified atom stereocenters. The average Bonchev–Trinajstić information content (AvgIpc) is 2.68. The van der Waals surface area contributed by atoms with Crippen LogP contribution in [-0.4, -0.2) is 9.59 Å². The molecule has 2 N–H and O–H groups in total. The summed E-state index contributed by atoms with van der Waals surface area (Å²) in [6.45, 7) is 1.92. The first-order valence-electron chi connectivity index (χ1n) is 5.06. The fourth-order valence-electron chi connectivity index (χ4n) is 1.59. The third-order valence-electron chi connectivity index (χ3n) is 2.48. The lowest BCUT2D eigenvalue weighted by atomic mass is 10.0. The molecule has 1 aromatic carbocycles. The molecule has 0 saturated carbocycles. The fraction of sp³-hybridized carbons (Fsp3) is 0.273. The molecule has 0 aliphatic rings. The Morgan fingerprint density at radius 1 is 1.53 bits per heavy atom. The van der Waals surface area contributed by atoms with Gasteiger partial charge in [-0.1, -0.05) is 38.1 Å². The molecule has 0 fully saturated rings. The van der Waals surface area contributed by atoms with Crippen LogP contribution >= 0.6 is 39.1 Å². The number of rotatable bonds is 3. The molecule has 3 nitrogen and oxygen atoms in total. The van der Waals surface area contributed by atoms with Crippen LogP contribution in [-0.2, 0) is 6.42 Å². The molecule has 1 heterocycles. The Bertz CT molecular complexity index is 529. The summed E-state index contributed by atoms with van der Waals surface area (Å²) in [7, 11) is 0. The Balaban J connectivity index is 2.19. The van der Waals surface area contributed by atoms with Gasteiger partial charge in [0.1, 0.15) is 0 Å². The summed E-state index contributed by atoms with van der Waals surface area (Å²) in [6, 6.07) is 5.72. The molecule has 6 heteroatoms. The zero-order valence-corrected chi connectivity index (χ0v) is 12.3. The van der Waals surface area contributed by atoms with Crippen LogP contribution in [0.15, 0.2) is 22.7 Å². The zero-order chi connectivity index (χ0) is 12.4. The Kier molecular flexibility index (Phi) is 4.14. The molecule has 1 atom stereocenters. The molecule has 0 saturated heterocycles. The van der Waals surface area contributed by atoms with Crippen molar-refractivity contribution in [3.8, 4) is 0 Å². The number of nitrogens with zero attached hydrogens (tertiary/aromatic N) is 2. The van der Waals surface area contributed by atoms with Crippen LogP contribution in [0.2, 0.25) is 5.02 Å². The van der Waals surface area contributed by atoms with Crippen molar-refractivity contribution < 1.29 is 0 Å². The maximum atomic E-state index is 6.16. The monoisotopic (exact) mass is 331 g/mol. The Labute approximate surface area is 117 Å². The smallest absolute Gasteiger partial charge is 0.0772 e. The van der Waals surface area contributed by atoms with Crippen LogP contribution in [0.4, 0.5) is 0 Å². The summed E-state index contributed by atoms with van der Waals surface area (Å²) in [4.78, 5) is 1.02. The lowest BCUT2D eigenvalue weighted by Crippen LogP contribution is -2.13. The highest BCUT2D eigenvalue weighted by Crippen LogP contribution is 2.27. The summed E-state index contributed by atoms with van der Waals surface area (Å²) in [5.41, 5.74) is 8.08. The second-order valence-corrected chi connectivity index (χ2v) is 5.88. The van der Waals surface area contributed by atoms with Gasteiger partial charge in [-0.2, -0.15) is 0 Å². The molecule has 2 aromatic rings. The van der Waals surface area contributed by atoms with Gasteiger partial charge in [0.15, 0.2) is 0 Å². The van der Waals surface area contributed by atoms with Crippen molar-refractivity contribution >= 4 is 39.1 Å². The van der Waals surface area contributed by atoms with Crippen LogP contribution in [0.1, 0.15) is 22.2 Å². The first-order valence-corrected chi connectivity index (χ1v) is 7.00. The van der Waals surface area contributed by atoms with E-state index >= 15 is 0 Å². The topological polar surface area (TPSA) is 51.8 Å². The van der Waals surface area contributed by atoms with Crippen LogP contribution in [0.25, 0.3) is 0 Å². The van der Waals surface area contributed by atoms with E-state index < -0.39 is 0 Å². The molecule has 0 radical (unpaired) electrons. The molecule has 1 aromatic heterocycles. The van der Waals surface area contributed by atoms with Crippen LogP contribution in [0.5, 0.6) is 0 Å². The van der Waals surface area contributed by atoms with Gasteiger partial charge in [0.2, 0.25) is 0 Å². The van der Waals surface area contributed by atoms with Gasteiger partial charge in [0.25, 0.3) is 0 Å². The quantitative estimate of drug-likeness (QED) is 0.936. The van der Waals surface area contributed by atoms with Crippen molar-refractivity contribution in [2.75, 3.05) is 0 Å². The van der Waals surface area contributed by atoms with Gasteiger partial charge in [-0.3, -0.25) is 0 Å². The summed E-state index contributed by atoms with van der Waals surface area (Å²) in [6.07, 6.45) is 0.691. The van der Waals surface area contributed by atoms with Crippen LogP contribution in [0, 0.1) is 6.92 Å². The number of aromatic nitrogens is 2. The van der Waals surface area contributed by atoms with Crippen molar-refractivity contribution in [1.82, 2.24) is 9.59 Å². The van der Waals surface area contributed by atoms with Gasteiger partial charge in [0, 0.05) is 15.5 Å². The van der Waals surface area contributed by atoms with E-state index in [-0.39, 0.29) is 6.04 Å². The van der Waals surface area contributed by atoms with Crippen molar-refractivity contribution in [2.45, 2.75) is 19.4 Å². The summed E-state index contributed by atoms with van der Waals surface area (Å²) in [5, 5.41) is 4.69. The lowest BCUT2D eigenvalue weighted by Gasteiger charge is -2.11. The Morgan fingerprint density at radius 2 is 2.29 bits per heavy atom. The van der Waals surface area contributed by atoms with E-state index in [1.54, 1.807) is 0 Å². The summed E-state index contributed by atoms with van der Waals surface area (Å²) < 4.78 is 4.86. The largest absolute Gasteiger partial charge is 0.323 e. The molecule has 0 aliphatic carbocycles. The van der Waals surface area contributed by atoms with Gasteiger partial charge in [-0.15, -0.1) is 5.10 Å². The second-order valence-electron chi connectivity index (χ2n) is 3.77. The third-order valence-corrected chi connectivity index (χ3v) is 4.28. The highest BCUT2D eigenvalue weighted by Gasteiger charge is 2.14. The number of nitrogens with two attached hydrogens (primary N) is 1. The van der Waals surface area contributed by atoms with Crippen LogP contribution < -0.4 is 5.73 Å². The lowest BCUT2D eigenvalue weighted by molar-refractivity contribution is 0.728. The van der Waals surface area contributed by atoms with E-state index in [0.717, 1.165) is 25.6 Å². The van der Waals surface area contributed by atoms with Gasteiger partial charge in [-0.05, 0) is 42.6 Å². The van der Waals surface area contributed by atoms with E-state index in [2.05, 4.69) is 25.5 Å². The minimum Gasteiger partial charge on any atom is -0.323 e. The highest BCUT2D eigenvalue weighted by atomic mass is 79.9. The van der Waals surface area contributed by atoms with Crippen molar-refractivity contribution in [3.05, 3.63) is 43.8 Å². The zero-order valence-electron chi connectivity index (χ0n) is 9.15. The predicted molar refractivity (Wildman–Crippen MR) is 74.4 cm³/mol. The maximum absolute atomic E-state index is 6.16. The predicted octanol–water partition coefficient (Wildman–Crippen LogP) is 3.50. The molecule has 0 amide bonds. The van der Waals surface area contributed by atoms with Gasteiger partial charge in [-0.25, -0.2) is 0 Å². The first-order chi connectivity index (χ1) is 8.08. The minimum atomic E-state index is -0.103. The number of aryl methyl sites for hydroxylation is 1. The molecular weight excluding hydrogens is 322 g/mol. The second kappa shape index (κ2) is 5.44. The number of hydrogen-bond donors (Lipinski definition) is 1. The molecule has 90 valence electrons. The van der Waals surface area contributed by atoms with Gasteiger partial charge >= 0.3 is 0 Å².